The van der Waals surface area contributed by atoms with Crippen molar-refractivity contribution in [2.75, 3.05) is 7.11 Å². The van der Waals surface area contributed by atoms with E-state index < -0.39 is 23.4 Å². The molecule has 0 radical (unpaired) electrons. The van der Waals surface area contributed by atoms with Crippen molar-refractivity contribution < 1.29 is 14.6 Å². The normalized spacial score (nSPS) is 19.3. The Morgan fingerprint density at radius 2 is 1.96 bits per heavy atom. The molecule has 8 heteroatoms. The summed E-state index contributed by atoms with van der Waals surface area (Å²) in [7, 11) is 1.29. The third kappa shape index (κ3) is 2.65. The van der Waals surface area contributed by atoms with Crippen molar-refractivity contribution in [2.24, 2.45) is 10.9 Å². The Morgan fingerprint density at radius 3 is 2.58 bits per heavy atom. The van der Waals surface area contributed by atoms with Gasteiger partial charge in [0.1, 0.15) is 17.5 Å². The molecule has 1 aromatic heterocycles. The largest absolute Gasteiger partial charge is 0.508 e. The van der Waals surface area contributed by atoms with Gasteiger partial charge in [0.15, 0.2) is 4.77 Å². The maximum Gasteiger partial charge on any atom is 0.315 e. The number of methoxy groups -OCH3 is 1. The van der Waals surface area contributed by atoms with E-state index in [1.807, 2.05) is 0 Å². The molecule has 1 aliphatic heterocycles. The molecule has 2 aromatic rings. The van der Waals surface area contributed by atoms with Gasteiger partial charge in [-0.3, -0.25) is 14.6 Å². The molecule has 0 saturated carbocycles. The van der Waals surface area contributed by atoms with Crippen LogP contribution in [0.5, 0.6) is 5.75 Å². The number of aromatic hydroxyl groups is 1. The van der Waals surface area contributed by atoms with Crippen molar-refractivity contribution in [1.29, 1.82) is 0 Å². The highest BCUT2D eigenvalue weighted by atomic mass is 32.1. The number of carbonyl (C=O) groups is 1. The highest BCUT2D eigenvalue weighted by molar-refractivity contribution is 7.71. The first-order chi connectivity index (χ1) is 11.4. The number of benzene rings is 1. The lowest BCUT2D eigenvalue weighted by atomic mass is 9.77. The number of hydrogen-bond donors (Lipinski definition) is 3. The maximum atomic E-state index is 12.5. The van der Waals surface area contributed by atoms with Gasteiger partial charge >= 0.3 is 5.97 Å². The average molecular weight is 345 g/mol. The van der Waals surface area contributed by atoms with Crippen LogP contribution >= 0.6 is 12.2 Å². The molecule has 0 fully saturated rings. The van der Waals surface area contributed by atoms with Crippen LogP contribution in [-0.4, -0.2) is 33.9 Å². The molecule has 0 bridgehead atoms. The van der Waals surface area contributed by atoms with Crippen molar-refractivity contribution in [1.82, 2.24) is 9.97 Å². The molecule has 0 spiro atoms. The van der Waals surface area contributed by atoms with Crippen molar-refractivity contribution in [3.63, 3.8) is 0 Å². The van der Waals surface area contributed by atoms with E-state index in [9.17, 15) is 14.7 Å². The van der Waals surface area contributed by atoms with Crippen molar-refractivity contribution in [2.45, 2.75) is 12.8 Å². The standard InChI is InChI=1S/C16H15N3O4S/c1-7-10(15(22)23-2)11(8-3-5-9(20)6-4-8)12-13(17-7)18-16(24)19-14(12)21/h3-6,10-11,20H,1-2H3,(H2,18,19,21,24). The van der Waals surface area contributed by atoms with Crippen molar-refractivity contribution >= 4 is 29.7 Å². The molecule has 3 rings (SSSR count). The van der Waals surface area contributed by atoms with Crippen LogP contribution in [0.25, 0.3) is 0 Å². The number of carbonyl (C=O) groups excluding carboxylic acids is 1. The van der Waals surface area contributed by atoms with Crippen LogP contribution in [0.2, 0.25) is 0 Å². The second-order valence-electron chi connectivity index (χ2n) is 5.49. The van der Waals surface area contributed by atoms with E-state index in [0.29, 0.717) is 22.7 Å². The van der Waals surface area contributed by atoms with Gasteiger partial charge in [0, 0.05) is 11.6 Å². The van der Waals surface area contributed by atoms with E-state index in [0.717, 1.165) is 0 Å². The van der Waals surface area contributed by atoms with E-state index in [-0.39, 0.29) is 10.5 Å². The number of ether oxygens (including phenoxy) is 1. The molecular weight excluding hydrogens is 330 g/mol. The minimum absolute atomic E-state index is 0.0937. The molecule has 2 heterocycles. The Morgan fingerprint density at radius 1 is 1.29 bits per heavy atom. The van der Waals surface area contributed by atoms with E-state index in [1.54, 1.807) is 19.1 Å². The molecule has 0 amide bonds. The lowest BCUT2D eigenvalue weighted by Crippen LogP contribution is -2.36. The number of aliphatic imine (C=N–C) groups is 1. The van der Waals surface area contributed by atoms with E-state index in [1.165, 1.54) is 19.2 Å². The van der Waals surface area contributed by atoms with E-state index in [4.69, 9.17) is 17.0 Å². The summed E-state index contributed by atoms with van der Waals surface area (Å²) in [4.78, 5) is 34.5. The number of esters is 1. The first-order valence-electron chi connectivity index (χ1n) is 7.20. The van der Waals surface area contributed by atoms with Gasteiger partial charge in [-0.2, -0.15) is 0 Å². The van der Waals surface area contributed by atoms with Crippen LogP contribution in [0, 0.1) is 10.7 Å². The number of nitrogens with zero attached hydrogens (tertiary/aromatic N) is 1. The van der Waals surface area contributed by atoms with Crippen LogP contribution in [0.15, 0.2) is 34.1 Å². The zero-order chi connectivity index (χ0) is 17.4. The molecule has 1 aliphatic rings. The van der Waals surface area contributed by atoms with E-state index in [2.05, 4.69) is 15.0 Å². The second kappa shape index (κ2) is 6.04. The summed E-state index contributed by atoms with van der Waals surface area (Å²) in [6, 6.07) is 6.34. The molecule has 24 heavy (non-hydrogen) atoms. The summed E-state index contributed by atoms with van der Waals surface area (Å²) in [5.41, 5.74) is 1.12. The highest BCUT2D eigenvalue weighted by Crippen LogP contribution is 2.40. The van der Waals surface area contributed by atoms with Crippen LogP contribution < -0.4 is 5.56 Å². The Kier molecular flexibility index (Phi) is 4.06. The van der Waals surface area contributed by atoms with Gasteiger partial charge < -0.3 is 14.8 Å². The number of aromatic amines is 2. The predicted octanol–water partition coefficient (Wildman–Crippen LogP) is 2.17. The Hall–Kier alpha value is -2.74. The number of phenols is 1. The fraction of sp³-hybridized carbons (Fsp3) is 0.250. The number of H-pyrrole nitrogens is 2. The topological polar surface area (TPSA) is 108 Å². The number of fused-ring (bicyclic) bond motifs is 1. The lowest BCUT2D eigenvalue weighted by molar-refractivity contribution is -0.143. The summed E-state index contributed by atoms with van der Waals surface area (Å²) in [6.07, 6.45) is 0. The molecule has 3 N–H and O–H groups in total. The maximum absolute atomic E-state index is 12.5. The van der Waals surface area contributed by atoms with Gasteiger partial charge in [0.25, 0.3) is 5.56 Å². The Bertz CT molecular complexity index is 943. The third-order valence-electron chi connectivity index (χ3n) is 4.05. The number of aromatic nitrogens is 2. The van der Waals surface area contributed by atoms with Crippen molar-refractivity contribution in [3.05, 3.63) is 50.5 Å². The molecule has 1 aromatic carbocycles. The van der Waals surface area contributed by atoms with Gasteiger partial charge in [-0.05, 0) is 36.8 Å². The van der Waals surface area contributed by atoms with E-state index >= 15 is 0 Å². The summed E-state index contributed by atoms with van der Waals surface area (Å²) in [5.74, 6) is -1.39. The summed E-state index contributed by atoms with van der Waals surface area (Å²) < 4.78 is 5.07. The summed E-state index contributed by atoms with van der Waals surface area (Å²) >= 11 is 4.99. The molecule has 7 nitrogen and oxygen atoms in total. The Labute approximate surface area is 142 Å². The van der Waals surface area contributed by atoms with Crippen LogP contribution in [-0.2, 0) is 9.53 Å². The quantitative estimate of drug-likeness (QED) is 0.571. The van der Waals surface area contributed by atoms with Gasteiger partial charge in [0.05, 0.1) is 12.7 Å². The molecule has 124 valence electrons. The molecular formula is C16H15N3O4S. The first kappa shape index (κ1) is 16.1. The molecule has 2 atom stereocenters. The number of phenolic OH excluding ortho intramolecular Hbond substituents is 1. The van der Waals surface area contributed by atoms with Crippen molar-refractivity contribution in [3.8, 4) is 5.75 Å². The molecule has 0 aliphatic carbocycles. The fourth-order valence-electron chi connectivity index (χ4n) is 2.99. The number of hydrogen-bond acceptors (Lipinski definition) is 6. The zero-order valence-corrected chi connectivity index (χ0v) is 13.8. The van der Waals surface area contributed by atoms with Crippen LogP contribution in [0.3, 0.4) is 0 Å². The highest BCUT2D eigenvalue weighted by Gasteiger charge is 2.40. The zero-order valence-electron chi connectivity index (χ0n) is 13.0. The minimum Gasteiger partial charge on any atom is -0.508 e. The van der Waals surface area contributed by atoms with Crippen LogP contribution in [0.1, 0.15) is 24.0 Å². The third-order valence-corrected chi connectivity index (χ3v) is 4.25. The van der Waals surface area contributed by atoms with Gasteiger partial charge in [-0.25, -0.2) is 4.99 Å². The number of nitrogens with one attached hydrogen (secondary N) is 2. The fourth-order valence-corrected chi connectivity index (χ4v) is 3.18. The van der Waals surface area contributed by atoms with Gasteiger partial charge in [0.2, 0.25) is 0 Å². The number of rotatable bonds is 2. The lowest BCUT2D eigenvalue weighted by Gasteiger charge is -2.29. The second-order valence-corrected chi connectivity index (χ2v) is 5.90. The summed E-state index contributed by atoms with van der Waals surface area (Å²) in [6.45, 7) is 1.70. The Balaban J connectivity index is 2.30. The predicted molar refractivity (Wildman–Crippen MR) is 90.5 cm³/mol. The van der Waals surface area contributed by atoms with Gasteiger partial charge in [-0.15, -0.1) is 0 Å². The molecule has 0 saturated heterocycles. The summed E-state index contributed by atoms with van der Waals surface area (Å²) in [5, 5.41) is 9.51. The van der Waals surface area contributed by atoms with Crippen LogP contribution in [0.4, 0.5) is 5.82 Å². The minimum atomic E-state index is -0.738. The monoisotopic (exact) mass is 345 g/mol. The first-order valence-corrected chi connectivity index (χ1v) is 7.61. The molecule has 2 unspecified atom stereocenters. The SMILES string of the molecule is COC(=O)C1C(C)=Nc2[nH]c(=S)[nH]c(=O)c2C1c1ccc(O)cc1. The smallest absolute Gasteiger partial charge is 0.315 e. The van der Waals surface area contributed by atoms with Gasteiger partial charge in [-0.1, -0.05) is 12.1 Å². The average Bonchev–Trinajstić information content (AvgIpc) is 2.53.